The van der Waals surface area contributed by atoms with Gasteiger partial charge in [-0.25, -0.2) is 0 Å². The molecule has 0 amide bonds. The Morgan fingerprint density at radius 2 is 2.38 bits per heavy atom. The third kappa shape index (κ3) is 1.51. The molecule has 1 heterocycles. The molecule has 1 aromatic heterocycles. The number of carbonyl (C=O) groups is 1. The quantitative estimate of drug-likeness (QED) is 0.751. The number of ketones is 1. The maximum Gasteiger partial charge on any atom is 0.192 e. The molecule has 0 aliphatic heterocycles. The lowest BCUT2D eigenvalue weighted by Crippen LogP contribution is -2.27. The Bertz CT molecular complexity index is 386. The molecule has 1 fully saturated rings. The van der Waals surface area contributed by atoms with E-state index in [1.807, 2.05) is 6.92 Å². The summed E-state index contributed by atoms with van der Waals surface area (Å²) in [6, 6.07) is 0. The summed E-state index contributed by atoms with van der Waals surface area (Å²) in [6.07, 6.45) is 3.34. The Kier molecular flexibility index (Phi) is 2.71. The highest BCUT2D eigenvalue weighted by atomic mass is 16.5. The van der Waals surface area contributed by atoms with Crippen molar-refractivity contribution in [1.82, 2.24) is 9.78 Å². The second kappa shape index (κ2) is 3.90. The summed E-state index contributed by atoms with van der Waals surface area (Å²) in [6.45, 7) is 3.01. The molecule has 88 valence electrons. The molecule has 1 aromatic rings. The van der Waals surface area contributed by atoms with Gasteiger partial charge in [0.2, 0.25) is 0 Å². The fraction of sp³-hybridized carbons (Fsp3) is 0.636. The van der Waals surface area contributed by atoms with E-state index in [1.54, 1.807) is 18.0 Å². The lowest BCUT2D eigenvalue weighted by molar-refractivity contribution is 0.0891. The van der Waals surface area contributed by atoms with E-state index in [-0.39, 0.29) is 11.2 Å². The largest absolute Gasteiger partial charge is 0.493 e. The molecule has 0 aromatic carbocycles. The predicted molar refractivity (Wildman–Crippen MR) is 59.5 cm³/mol. The summed E-state index contributed by atoms with van der Waals surface area (Å²) in [5.74, 6) is 0.623. The van der Waals surface area contributed by atoms with Crippen molar-refractivity contribution >= 4 is 5.78 Å². The van der Waals surface area contributed by atoms with Crippen molar-refractivity contribution in [2.24, 2.45) is 11.1 Å². The zero-order chi connectivity index (χ0) is 11.8. The number of nitrogens with two attached hydrogens (primary N) is 1. The van der Waals surface area contributed by atoms with E-state index in [2.05, 4.69) is 5.10 Å². The zero-order valence-electron chi connectivity index (χ0n) is 9.69. The normalized spacial score (nSPS) is 17.2. The summed E-state index contributed by atoms with van der Waals surface area (Å²) >= 11 is 0. The van der Waals surface area contributed by atoms with Crippen molar-refractivity contribution in [2.45, 2.75) is 26.3 Å². The zero-order valence-corrected chi connectivity index (χ0v) is 9.69. The van der Waals surface area contributed by atoms with Crippen LogP contribution >= 0.6 is 0 Å². The first-order chi connectivity index (χ1) is 7.68. The number of rotatable bonds is 5. The summed E-state index contributed by atoms with van der Waals surface area (Å²) in [4.78, 5) is 12.4. The van der Waals surface area contributed by atoms with Crippen molar-refractivity contribution in [3.8, 4) is 5.75 Å². The minimum Gasteiger partial charge on any atom is -0.493 e. The number of carbonyl (C=O) groups excluding carboxylic acids is 1. The van der Waals surface area contributed by atoms with Crippen LogP contribution in [0.25, 0.3) is 0 Å². The maximum absolute atomic E-state index is 12.4. The average molecular weight is 223 g/mol. The molecule has 0 bridgehead atoms. The molecule has 2 rings (SSSR count). The van der Waals surface area contributed by atoms with Crippen LogP contribution in [-0.2, 0) is 6.54 Å². The first-order valence-corrected chi connectivity index (χ1v) is 5.53. The first-order valence-electron chi connectivity index (χ1n) is 5.53. The van der Waals surface area contributed by atoms with Gasteiger partial charge in [0.05, 0.1) is 13.3 Å². The number of aromatic nitrogens is 2. The van der Waals surface area contributed by atoms with Gasteiger partial charge in [0, 0.05) is 18.5 Å². The number of Topliss-reactive ketones (excluding diaryl/α,β-unsaturated/α-hetero) is 1. The van der Waals surface area contributed by atoms with E-state index >= 15 is 0 Å². The molecule has 16 heavy (non-hydrogen) atoms. The average Bonchev–Trinajstić information content (AvgIpc) is 3.01. The fourth-order valence-electron chi connectivity index (χ4n) is 1.91. The van der Waals surface area contributed by atoms with Gasteiger partial charge in [0.25, 0.3) is 0 Å². The fourth-order valence-corrected chi connectivity index (χ4v) is 1.91. The Morgan fingerprint density at radius 3 is 2.81 bits per heavy atom. The van der Waals surface area contributed by atoms with Gasteiger partial charge >= 0.3 is 0 Å². The highest BCUT2D eigenvalue weighted by Gasteiger charge is 2.50. The predicted octanol–water partition coefficient (Wildman–Crippen LogP) is 0.833. The van der Waals surface area contributed by atoms with E-state index in [0.717, 1.165) is 12.8 Å². The van der Waals surface area contributed by atoms with Crippen LogP contribution in [0.1, 0.15) is 30.3 Å². The van der Waals surface area contributed by atoms with Gasteiger partial charge in [-0.3, -0.25) is 9.48 Å². The number of aryl methyl sites for hydroxylation is 1. The molecule has 2 N–H and O–H groups in total. The second-order valence-electron chi connectivity index (χ2n) is 4.19. The summed E-state index contributed by atoms with van der Waals surface area (Å²) < 4.78 is 6.85. The number of ether oxygens (including phenoxy) is 1. The van der Waals surface area contributed by atoms with Crippen LogP contribution < -0.4 is 10.5 Å². The van der Waals surface area contributed by atoms with Gasteiger partial charge in [0.1, 0.15) is 5.69 Å². The lowest BCUT2D eigenvalue weighted by Gasteiger charge is -2.13. The number of methoxy groups -OCH3 is 1. The molecular formula is C11H17N3O2. The molecule has 0 atom stereocenters. The van der Waals surface area contributed by atoms with E-state index in [9.17, 15) is 4.79 Å². The molecule has 1 aliphatic carbocycles. The molecule has 0 unspecified atom stereocenters. The topological polar surface area (TPSA) is 70.1 Å². The monoisotopic (exact) mass is 223 g/mol. The van der Waals surface area contributed by atoms with Gasteiger partial charge in [-0.1, -0.05) is 0 Å². The van der Waals surface area contributed by atoms with Gasteiger partial charge in [-0.15, -0.1) is 0 Å². The van der Waals surface area contributed by atoms with Crippen molar-refractivity contribution in [1.29, 1.82) is 0 Å². The molecule has 0 saturated heterocycles. The van der Waals surface area contributed by atoms with Crippen LogP contribution in [0, 0.1) is 5.41 Å². The number of hydrogen-bond acceptors (Lipinski definition) is 4. The summed E-state index contributed by atoms with van der Waals surface area (Å²) in [7, 11) is 1.55. The Hall–Kier alpha value is -1.36. The maximum atomic E-state index is 12.4. The van der Waals surface area contributed by atoms with E-state index in [4.69, 9.17) is 10.5 Å². The van der Waals surface area contributed by atoms with Crippen LogP contribution in [-0.4, -0.2) is 29.2 Å². The van der Waals surface area contributed by atoms with E-state index in [1.165, 1.54) is 0 Å². The van der Waals surface area contributed by atoms with Crippen molar-refractivity contribution < 1.29 is 9.53 Å². The lowest BCUT2D eigenvalue weighted by atomic mass is 9.98. The van der Waals surface area contributed by atoms with Crippen LogP contribution in [0.4, 0.5) is 0 Å². The van der Waals surface area contributed by atoms with Crippen molar-refractivity contribution in [2.75, 3.05) is 13.7 Å². The highest BCUT2D eigenvalue weighted by Crippen LogP contribution is 2.48. The molecule has 1 aliphatic rings. The molecular weight excluding hydrogens is 206 g/mol. The summed E-state index contributed by atoms with van der Waals surface area (Å²) in [5.41, 5.74) is 5.88. The third-order valence-electron chi connectivity index (χ3n) is 3.27. The minimum absolute atomic E-state index is 0.0752. The standard InChI is InChI=1S/C11H17N3O2/c1-3-14-9(8(16-2)6-13-14)10(15)11(7-12)4-5-11/h6H,3-5,7,12H2,1-2H3. The Labute approximate surface area is 94.6 Å². The molecule has 1 saturated carbocycles. The van der Waals surface area contributed by atoms with Gasteiger partial charge in [0.15, 0.2) is 11.5 Å². The highest BCUT2D eigenvalue weighted by molar-refractivity contribution is 6.03. The van der Waals surface area contributed by atoms with Crippen LogP contribution in [0.5, 0.6) is 5.75 Å². The van der Waals surface area contributed by atoms with Crippen LogP contribution in [0.15, 0.2) is 6.20 Å². The van der Waals surface area contributed by atoms with Gasteiger partial charge < -0.3 is 10.5 Å². The van der Waals surface area contributed by atoms with Crippen LogP contribution in [0.2, 0.25) is 0 Å². The smallest absolute Gasteiger partial charge is 0.192 e. The number of nitrogens with zero attached hydrogens (tertiary/aromatic N) is 2. The third-order valence-corrected chi connectivity index (χ3v) is 3.27. The van der Waals surface area contributed by atoms with Gasteiger partial charge in [-0.05, 0) is 19.8 Å². The molecule has 5 nitrogen and oxygen atoms in total. The van der Waals surface area contributed by atoms with Crippen LogP contribution in [0.3, 0.4) is 0 Å². The Balaban J connectivity index is 2.38. The molecule has 0 spiro atoms. The van der Waals surface area contributed by atoms with E-state index in [0.29, 0.717) is 24.5 Å². The first kappa shape index (κ1) is 11.1. The number of hydrogen-bond donors (Lipinski definition) is 1. The van der Waals surface area contributed by atoms with E-state index < -0.39 is 0 Å². The van der Waals surface area contributed by atoms with Gasteiger partial charge in [-0.2, -0.15) is 5.10 Å². The molecule has 0 radical (unpaired) electrons. The van der Waals surface area contributed by atoms with Crippen molar-refractivity contribution in [3.63, 3.8) is 0 Å². The Morgan fingerprint density at radius 1 is 1.69 bits per heavy atom. The molecule has 5 heteroatoms. The summed E-state index contributed by atoms with van der Waals surface area (Å²) in [5, 5.41) is 4.13. The van der Waals surface area contributed by atoms with Crippen molar-refractivity contribution in [3.05, 3.63) is 11.9 Å². The second-order valence-corrected chi connectivity index (χ2v) is 4.19. The SMILES string of the molecule is CCn1ncc(OC)c1C(=O)C1(CN)CC1. The minimum atomic E-state index is -0.347.